The van der Waals surface area contributed by atoms with Gasteiger partial charge in [-0.1, -0.05) is 48.5 Å². The van der Waals surface area contributed by atoms with Crippen molar-refractivity contribution in [2.75, 3.05) is 11.4 Å². The average Bonchev–Trinajstić information content (AvgIpc) is 2.68. The molecule has 0 saturated heterocycles. The first-order valence-corrected chi connectivity index (χ1v) is 9.09. The molecule has 0 unspecified atom stereocenters. The number of aryl methyl sites for hydroxylation is 1. The number of fused-ring (bicyclic) bond motifs is 1. The van der Waals surface area contributed by atoms with Gasteiger partial charge in [0.1, 0.15) is 12.6 Å². The zero-order chi connectivity index (χ0) is 20.1. The Labute approximate surface area is 174 Å². The summed E-state index contributed by atoms with van der Waals surface area (Å²) < 4.78 is 0. The van der Waals surface area contributed by atoms with Crippen molar-refractivity contribution in [3.05, 3.63) is 65.7 Å². The quantitative estimate of drug-likeness (QED) is 0.606. The molecule has 29 heavy (non-hydrogen) atoms. The summed E-state index contributed by atoms with van der Waals surface area (Å²) in [6.45, 7) is -0.463. The van der Waals surface area contributed by atoms with Crippen LogP contribution in [0.5, 0.6) is 0 Å². The fourth-order valence-electron chi connectivity index (χ4n) is 3.47. The number of anilines is 1. The van der Waals surface area contributed by atoms with Crippen LogP contribution in [-0.2, 0) is 27.2 Å². The number of nitrogens with one attached hydrogen (secondary N) is 1. The highest BCUT2D eigenvalue weighted by Gasteiger charge is 2.35. The lowest BCUT2D eigenvalue weighted by Gasteiger charge is -2.34. The highest BCUT2D eigenvalue weighted by molar-refractivity contribution is 6.03. The van der Waals surface area contributed by atoms with Crippen LogP contribution in [0.3, 0.4) is 0 Å². The molecule has 0 saturated carbocycles. The number of hydrogen-bond donors (Lipinski definition) is 3. The van der Waals surface area contributed by atoms with E-state index in [1.807, 2.05) is 42.5 Å². The molecule has 0 aliphatic carbocycles. The predicted molar refractivity (Wildman–Crippen MR) is 110 cm³/mol. The van der Waals surface area contributed by atoms with Crippen molar-refractivity contribution in [1.82, 2.24) is 5.32 Å². The molecule has 2 aromatic carbocycles. The molecule has 3 rings (SSSR count). The molecule has 0 fully saturated rings. The van der Waals surface area contributed by atoms with E-state index >= 15 is 0 Å². The second kappa shape index (κ2) is 10.0. The Morgan fingerprint density at radius 2 is 1.72 bits per heavy atom. The number of carbonyl (C=O) groups is 3. The van der Waals surface area contributed by atoms with E-state index in [0.717, 1.165) is 11.1 Å². The monoisotopic (exact) mass is 418 g/mol. The summed E-state index contributed by atoms with van der Waals surface area (Å²) >= 11 is 0. The maximum atomic E-state index is 12.9. The maximum absolute atomic E-state index is 12.9. The number of para-hydroxylation sites is 1. The Morgan fingerprint density at radius 3 is 2.38 bits per heavy atom. The summed E-state index contributed by atoms with van der Waals surface area (Å²) in [5, 5.41) is 21.7. The average molecular weight is 419 g/mol. The minimum absolute atomic E-state index is 0. The molecule has 0 spiro atoms. The first-order chi connectivity index (χ1) is 13.5. The smallest absolute Gasteiger partial charge is 0.323 e. The molecule has 7 nitrogen and oxygen atoms in total. The largest absolute Gasteiger partial charge is 0.480 e. The van der Waals surface area contributed by atoms with Gasteiger partial charge in [-0.25, -0.2) is 0 Å². The van der Waals surface area contributed by atoms with Gasteiger partial charge in [0.25, 0.3) is 0 Å². The summed E-state index contributed by atoms with van der Waals surface area (Å²) in [7, 11) is 0. The standard InChI is InChI=1S/C21H22N2O5.ClH/c24-19(25)13-23-18-9-5-4-8-15(18)12-17(20(23)26)22-16(21(27)28)11-10-14-6-2-1-3-7-14;/h1-9,16-17,22H,10-13H2,(H,24,25)(H,27,28);1H/t16-,17+;/m0./s1. The van der Waals surface area contributed by atoms with Gasteiger partial charge < -0.3 is 10.2 Å². The summed E-state index contributed by atoms with van der Waals surface area (Å²) in [5.74, 6) is -2.58. The number of nitrogens with zero attached hydrogens (tertiary/aromatic N) is 1. The number of amides is 1. The lowest BCUT2D eigenvalue weighted by Crippen LogP contribution is -2.56. The van der Waals surface area contributed by atoms with Crippen LogP contribution in [0.1, 0.15) is 17.5 Å². The third kappa shape index (κ3) is 5.56. The molecule has 0 aromatic heterocycles. The number of carboxylic acid groups (broad SMARTS) is 2. The third-order valence-corrected chi connectivity index (χ3v) is 4.83. The summed E-state index contributed by atoms with van der Waals surface area (Å²) in [6.07, 6.45) is 1.20. The highest BCUT2D eigenvalue weighted by Crippen LogP contribution is 2.28. The molecule has 2 atom stereocenters. The number of aliphatic carboxylic acids is 2. The molecule has 3 N–H and O–H groups in total. The maximum Gasteiger partial charge on any atom is 0.323 e. The highest BCUT2D eigenvalue weighted by atomic mass is 35.5. The molecular formula is C21H23ClN2O5. The first kappa shape index (κ1) is 22.4. The van der Waals surface area contributed by atoms with Gasteiger partial charge in [0, 0.05) is 5.69 Å². The molecule has 8 heteroatoms. The number of benzene rings is 2. The van der Waals surface area contributed by atoms with Crippen molar-refractivity contribution in [2.24, 2.45) is 0 Å². The van der Waals surface area contributed by atoms with Gasteiger partial charge in [0.2, 0.25) is 5.91 Å². The molecular weight excluding hydrogens is 396 g/mol. The minimum Gasteiger partial charge on any atom is -0.480 e. The van der Waals surface area contributed by atoms with E-state index in [0.29, 0.717) is 24.9 Å². The Bertz CT molecular complexity index is 874. The minimum atomic E-state index is -1.12. The second-order valence-electron chi connectivity index (χ2n) is 6.79. The van der Waals surface area contributed by atoms with Crippen LogP contribution < -0.4 is 10.2 Å². The molecule has 0 bridgehead atoms. The van der Waals surface area contributed by atoms with E-state index in [1.165, 1.54) is 4.90 Å². The third-order valence-electron chi connectivity index (χ3n) is 4.83. The zero-order valence-corrected chi connectivity index (χ0v) is 16.5. The lowest BCUT2D eigenvalue weighted by atomic mass is 9.95. The van der Waals surface area contributed by atoms with Crippen LogP contribution in [0.25, 0.3) is 0 Å². The molecule has 1 aliphatic heterocycles. The van der Waals surface area contributed by atoms with Gasteiger partial charge in [0.15, 0.2) is 0 Å². The Morgan fingerprint density at radius 1 is 1.07 bits per heavy atom. The van der Waals surface area contributed by atoms with Crippen molar-refractivity contribution in [3.63, 3.8) is 0 Å². The number of hydrogen-bond acceptors (Lipinski definition) is 4. The number of carbonyl (C=O) groups excluding carboxylic acids is 1. The Kier molecular flexibility index (Phi) is 7.75. The Balaban J connectivity index is 0.00000300. The van der Waals surface area contributed by atoms with Crippen molar-refractivity contribution in [1.29, 1.82) is 0 Å². The van der Waals surface area contributed by atoms with Gasteiger partial charge in [-0.05, 0) is 36.5 Å². The van der Waals surface area contributed by atoms with Gasteiger partial charge in [-0.15, -0.1) is 12.4 Å². The lowest BCUT2D eigenvalue weighted by molar-refractivity contribution is -0.140. The van der Waals surface area contributed by atoms with Gasteiger partial charge in [0.05, 0.1) is 6.04 Å². The van der Waals surface area contributed by atoms with Gasteiger partial charge in [-0.2, -0.15) is 0 Å². The topological polar surface area (TPSA) is 107 Å². The molecule has 1 aliphatic rings. The second-order valence-corrected chi connectivity index (χ2v) is 6.79. The van der Waals surface area contributed by atoms with E-state index < -0.39 is 36.5 Å². The summed E-state index contributed by atoms with van der Waals surface area (Å²) in [4.78, 5) is 37.0. The van der Waals surface area contributed by atoms with Crippen LogP contribution >= 0.6 is 12.4 Å². The van der Waals surface area contributed by atoms with Crippen LogP contribution in [0.2, 0.25) is 0 Å². The molecule has 1 heterocycles. The van der Waals surface area contributed by atoms with Crippen LogP contribution in [-0.4, -0.2) is 46.7 Å². The van der Waals surface area contributed by atoms with E-state index in [9.17, 15) is 19.5 Å². The number of rotatable bonds is 8. The van der Waals surface area contributed by atoms with Crippen LogP contribution in [0.15, 0.2) is 54.6 Å². The fourth-order valence-corrected chi connectivity index (χ4v) is 3.47. The Hall–Kier alpha value is -2.90. The normalized spacial score (nSPS) is 16.5. The van der Waals surface area contributed by atoms with E-state index in [1.54, 1.807) is 12.1 Å². The predicted octanol–water partition coefficient (Wildman–Crippen LogP) is 2.13. The van der Waals surface area contributed by atoms with Gasteiger partial charge >= 0.3 is 11.9 Å². The summed E-state index contributed by atoms with van der Waals surface area (Å²) in [6, 6.07) is 14.9. The van der Waals surface area contributed by atoms with E-state index in [2.05, 4.69) is 5.32 Å². The van der Waals surface area contributed by atoms with Crippen molar-refractivity contribution >= 4 is 35.9 Å². The van der Waals surface area contributed by atoms with E-state index in [-0.39, 0.29) is 12.4 Å². The summed E-state index contributed by atoms with van der Waals surface area (Å²) in [5.41, 5.74) is 2.39. The molecule has 154 valence electrons. The SMILES string of the molecule is Cl.O=C(O)CN1C(=O)[C@H](N[C@@H](CCc2ccccc2)C(=O)O)Cc2ccccc21. The van der Waals surface area contributed by atoms with E-state index in [4.69, 9.17) is 5.11 Å². The first-order valence-electron chi connectivity index (χ1n) is 9.09. The van der Waals surface area contributed by atoms with Crippen molar-refractivity contribution in [3.8, 4) is 0 Å². The molecule has 0 radical (unpaired) electrons. The van der Waals surface area contributed by atoms with Crippen LogP contribution in [0, 0.1) is 0 Å². The number of halogens is 1. The number of carboxylic acids is 2. The van der Waals surface area contributed by atoms with Crippen molar-refractivity contribution in [2.45, 2.75) is 31.3 Å². The van der Waals surface area contributed by atoms with Crippen molar-refractivity contribution < 1.29 is 24.6 Å². The zero-order valence-electron chi connectivity index (χ0n) is 15.7. The van der Waals surface area contributed by atoms with Crippen LogP contribution in [0.4, 0.5) is 5.69 Å². The molecule has 2 aromatic rings. The van der Waals surface area contributed by atoms with Gasteiger partial charge in [-0.3, -0.25) is 24.6 Å². The fraction of sp³-hybridized carbons (Fsp3) is 0.286. The molecule has 1 amide bonds.